The first-order valence-corrected chi connectivity index (χ1v) is 8.59. The van der Waals surface area contributed by atoms with Crippen molar-refractivity contribution in [1.29, 1.82) is 0 Å². The van der Waals surface area contributed by atoms with Crippen molar-refractivity contribution >= 4 is 21.7 Å². The Balaban J connectivity index is 2.25. The van der Waals surface area contributed by atoms with Gasteiger partial charge in [0.1, 0.15) is 6.04 Å². The van der Waals surface area contributed by atoms with E-state index in [2.05, 4.69) is 11.9 Å². The molecule has 0 unspecified atom stereocenters. The largest absolute Gasteiger partial charge is 0.479 e. The number of ether oxygens (including phenoxy) is 1. The number of aliphatic carboxylic acids is 1. The van der Waals surface area contributed by atoms with Gasteiger partial charge >= 0.3 is 5.97 Å². The molecule has 1 aromatic carbocycles. The second-order valence-corrected chi connectivity index (χ2v) is 7.24. The number of morpholine rings is 1. The third-order valence-electron chi connectivity index (χ3n) is 3.49. The number of hydrogen-bond donors (Lipinski definition) is 2. The molecule has 7 nitrogen and oxygen atoms in total. The summed E-state index contributed by atoms with van der Waals surface area (Å²) in [6.45, 7) is 6.59. The smallest absolute Gasteiger partial charge is 0.330 e. The number of rotatable bonds is 6. The standard InChI is InChI=1S/C15H20N2O5S/c1-11(2)14(15(18)19)16-12-4-3-5-13(10-12)23(20,21)17-6-8-22-9-7-17/h3-5,10,14,16H,1,6-9H2,2H3,(H,18,19)/t14-/m0/s1. The first-order chi connectivity index (χ1) is 10.8. The molecule has 2 rings (SSSR count). The number of nitrogens with zero attached hydrogens (tertiary/aromatic N) is 1. The molecule has 0 spiro atoms. The van der Waals surface area contributed by atoms with Gasteiger partial charge in [0.2, 0.25) is 10.0 Å². The summed E-state index contributed by atoms with van der Waals surface area (Å²) in [5, 5.41) is 12.0. The Morgan fingerprint density at radius 2 is 2.04 bits per heavy atom. The minimum absolute atomic E-state index is 0.121. The number of carboxylic acid groups (broad SMARTS) is 1. The summed E-state index contributed by atoms with van der Waals surface area (Å²) < 4.78 is 31.7. The van der Waals surface area contributed by atoms with E-state index in [-0.39, 0.29) is 4.90 Å². The van der Waals surface area contributed by atoms with Gasteiger partial charge in [-0.2, -0.15) is 4.31 Å². The second kappa shape index (κ2) is 7.12. The van der Waals surface area contributed by atoms with Crippen LogP contribution in [0.5, 0.6) is 0 Å². The fourth-order valence-corrected chi connectivity index (χ4v) is 3.70. The molecule has 126 valence electrons. The van der Waals surface area contributed by atoms with E-state index in [1.54, 1.807) is 19.1 Å². The van der Waals surface area contributed by atoms with Crippen molar-refractivity contribution in [3.05, 3.63) is 36.4 Å². The highest BCUT2D eigenvalue weighted by Gasteiger charge is 2.27. The summed E-state index contributed by atoms with van der Waals surface area (Å²) in [5.74, 6) is -1.07. The maximum Gasteiger partial charge on any atom is 0.330 e. The Labute approximate surface area is 135 Å². The van der Waals surface area contributed by atoms with Crippen LogP contribution in [0.15, 0.2) is 41.3 Å². The third kappa shape index (κ3) is 4.10. The highest BCUT2D eigenvalue weighted by atomic mass is 32.2. The topological polar surface area (TPSA) is 95.9 Å². The zero-order valence-corrected chi connectivity index (χ0v) is 13.7. The van der Waals surface area contributed by atoms with Crippen molar-refractivity contribution in [3.8, 4) is 0 Å². The average molecular weight is 340 g/mol. The van der Waals surface area contributed by atoms with E-state index in [4.69, 9.17) is 4.74 Å². The summed E-state index contributed by atoms with van der Waals surface area (Å²) in [5.41, 5.74) is 0.841. The first kappa shape index (κ1) is 17.5. The fourth-order valence-electron chi connectivity index (χ4n) is 2.24. The number of carbonyl (C=O) groups is 1. The van der Waals surface area contributed by atoms with Crippen molar-refractivity contribution in [2.75, 3.05) is 31.6 Å². The molecular weight excluding hydrogens is 320 g/mol. The van der Waals surface area contributed by atoms with Crippen LogP contribution in [0.25, 0.3) is 0 Å². The van der Waals surface area contributed by atoms with Crippen molar-refractivity contribution < 1.29 is 23.1 Å². The molecule has 0 aliphatic carbocycles. The number of carboxylic acids is 1. The minimum atomic E-state index is -3.62. The van der Waals surface area contributed by atoms with E-state index in [0.29, 0.717) is 37.6 Å². The number of benzene rings is 1. The molecule has 0 radical (unpaired) electrons. The summed E-state index contributed by atoms with van der Waals surface area (Å²) in [6.07, 6.45) is 0. The van der Waals surface area contributed by atoms with Crippen molar-refractivity contribution in [3.63, 3.8) is 0 Å². The molecule has 0 saturated carbocycles. The lowest BCUT2D eigenvalue weighted by atomic mass is 10.1. The van der Waals surface area contributed by atoms with Gasteiger partial charge in [0, 0.05) is 18.8 Å². The Morgan fingerprint density at radius 1 is 1.39 bits per heavy atom. The van der Waals surface area contributed by atoms with Gasteiger partial charge < -0.3 is 15.2 Å². The summed E-state index contributed by atoms with van der Waals surface area (Å²) in [7, 11) is -3.62. The van der Waals surface area contributed by atoms with E-state index >= 15 is 0 Å². The third-order valence-corrected chi connectivity index (χ3v) is 5.39. The van der Waals surface area contributed by atoms with Crippen LogP contribution in [0.4, 0.5) is 5.69 Å². The van der Waals surface area contributed by atoms with Crippen molar-refractivity contribution in [1.82, 2.24) is 4.31 Å². The Kier molecular flexibility index (Phi) is 5.40. The number of anilines is 1. The second-order valence-electron chi connectivity index (χ2n) is 5.31. The number of nitrogens with one attached hydrogen (secondary N) is 1. The van der Waals surface area contributed by atoms with E-state index in [1.807, 2.05) is 0 Å². The predicted molar refractivity (Wildman–Crippen MR) is 85.9 cm³/mol. The van der Waals surface area contributed by atoms with Gasteiger partial charge in [-0.3, -0.25) is 0 Å². The maximum absolute atomic E-state index is 12.6. The molecule has 23 heavy (non-hydrogen) atoms. The van der Waals surface area contributed by atoms with Gasteiger partial charge in [0.15, 0.2) is 0 Å². The van der Waals surface area contributed by atoms with Gasteiger partial charge in [-0.05, 0) is 30.7 Å². The molecule has 0 bridgehead atoms. The zero-order valence-electron chi connectivity index (χ0n) is 12.9. The molecule has 1 atom stereocenters. The SMILES string of the molecule is C=C(C)[C@H](Nc1cccc(S(=O)(=O)N2CCOCC2)c1)C(=O)O. The van der Waals surface area contributed by atoms with E-state index < -0.39 is 22.0 Å². The fraction of sp³-hybridized carbons (Fsp3) is 0.400. The van der Waals surface area contributed by atoms with Crippen molar-refractivity contribution in [2.45, 2.75) is 17.9 Å². The molecule has 0 amide bonds. The number of hydrogen-bond acceptors (Lipinski definition) is 5. The minimum Gasteiger partial charge on any atom is -0.479 e. The molecule has 1 aromatic rings. The van der Waals surface area contributed by atoms with Crippen LogP contribution in [-0.4, -0.2) is 56.1 Å². The molecule has 1 saturated heterocycles. The molecule has 1 fully saturated rings. The Bertz CT molecular complexity index is 682. The predicted octanol–water partition coefficient (Wildman–Crippen LogP) is 1.15. The molecule has 8 heteroatoms. The molecule has 1 aliphatic heterocycles. The van der Waals surface area contributed by atoms with Crippen molar-refractivity contribution in [2.24, 2.45) is 0 Å². The summed E-state index contributed by atoms with van der Waals surface area (Å²) >= 11 is 0. The van der Waals surface area contributed by atoms with Crippen LogP contribution >= 0.6 is 0 Å². The van der Waals surface area contributed by atoms with Gasteiger partial charge in [-0.25, -0.2) is 13.2 Å². The number of sulfonamides is 1. The quantitative estimate of drug-likeness (QED) is 0.754. The maximum atomic E-state index is 12.6. The molecule has 1 aliphatic rings. The van der Waals surface area contributed by atoms with Gasteiger partial charge in [-0.15, -0.1) is 0 Å². The first-order valence-electron chi connectivity index (χ1n) is 7.15. The molecule has 1 heterocycles. The highest BCUT2D eigenvalue weighted by Crippen LogP contribution is 2.21. The summed E-state index contributed by atoms with van der Waals surface area (Å²) in [6, 6.07) is 5.15. The summed E-state index contributed by atoms with van der Waals surface area (Å²) in [4.78, 5) is 11.3. The lowest BCUT2D eigenvalue weighted by Crippen LogP contribution is -2.40. The highest BCUT2D eigenvalue weighted by molar-refractivity contribution is 7.89. The van der Waals surface area contributed by atoms with E-state index in [1.165, 1.54) is 16.4 Å². The van der Waals surface area contributed by atoms with Gasteiger partial charge in [0.05, 0.1) is 18.1 Å². The molecular formula is C15H20N2O5S. The van der Waals surface area contributed by atoms with Crippen LogP contribution in [0, 0.1) is 0 Å². The Hall–Kier alpha value is -1.90. The normalized spacial score (nSPS) is 17.4. The van der Waals surface area contributed by atoms with E-state index in [0.717, 1.165) is 0 Å². The van der Waals surface area contributed by atoms with Crippen LogP contribution < -0.4 is 5.32 Å². The van der Waals surface area contributed by atoms with Crippen LogP contribution in [0.2, 0.25) is 0 Å². The van der Waals surface area contributed by atoms with Gasteiger partial charge in [0.25, 0.3) is 0 Å². The lowest BCUT2D eigenvalue weighted by Gasteiger charge is -2.26. The van der Waals surface area contributed by atoms with Crippen LogP contribution in [-0.2, 0) is 19.6 Å². The molecule has 2 N–H and O–H groups in total. The van der Waals surface area contributed by atoms with Crippen LogP contribution in [0.1, 0.15) is 6.92 Å². The molecule has 0 aromatic heterocycles. The average Bonchev–Trinajstić information content (AvgIpc) is 2.53. The monoisotopic (exact) mass is 340 g/mol. The Morgan fingerprint density at radius 3 is 2.61 bits per heavy atom. The zero-order chi connectivity index (χ0) is 17.0. The van der Waals surface area contributed by atoms with E-state index in [9.17, 15) is 18.3 Å². The van der Waals surface area contributed by atoms with Crippen LogP contribution in [0.3, 0.4) is 0 Å². The van der Waals surface area contributed by atoms with Gasteiger partial charge in [-0.1, -0.05) is 12.6 Å². The lowest BCUT2D eigenvalue weighted by molar-refractivity contribution is -0.137.